The number of hydrogen-bond donors (Lipinski definition) is 2. The van der Waals surface area contributed by atoms with E-state index < -0.39 is 12.0 Å². The summed E-state index contributed by atoms with van der Waals surface area (Å²) in [4.78, 5) is 25.2. The third-order valence-corrected chi connectivity index (χ3v) is 3.82. The molecule has 0 aliphatic carbocycles. The fourth-order valence-electron chi connectivity index (χ4n) is 2.65. The van der Waals surface area contributed by atoms with E-state index in [1.165, 1.54) is 6.42 Å². The maximum Gasteiger partial charge on any atom is 0.326 e. The molecule has 0 radical (unpaired) electrons. The number of aliphatic carboxylic acids is 1. The molecule has 0 bridgehead atoms. The molecule has 1 amide bonds. The Labute approximate surface area is 115 Å². The maximum absolute atomic E-state index is 12.0. The van der Waals surface area contributed by atoms with E-state index >= 15 is 0 Å². The molecule has 5 heteroatoms. The monoisotopic (exact) mass is 270 g/mol. The van der Waals surface area contributed by atoms with Crippen LogP contribution in [0.25, 0.3) is 0 Å². The molecule has 2 unspecified atom stereocenters. The molecule has 1 aliphatic rings. The van der Waals surface area contributed by atoms with Crippen LogP contribution in [0.1, 0.15) is 46.5 Å². The number of amides is 1. The molecule has 2 atom stereocenters. The molecule has 1 heterocycles. The van der Waals surface area contributed by atoms with Gasteiger partial charge in [-0.25, -0.2) is 4.79 Å². The summed E-state index contributed by atoms with van der Waals surface area (Å²) in [5.74, 6) is -1.25. The van der Waals surface area contributed by atoms with Crippen LogP contribution in [0.5, 0.6) is 0 Å². The van der Waals surface area contributed by atoms with Gasteiger partial charge < -0.3 is 10.4 Å². The molecule has 0 spiro atoms. The minimum absolute atomic E-state index is 0.107. The Hall–Kier alpha value is -1.10. The minimum Gasteiger partial charge on any atom is -0.480 e. The van der Waals surface area contributed by atoms with E-state index in [9.17, 15) is 9.59 Å². The van der Waals surface area contributed by atoms with Crippen LogP contribution >= 0.6 is 0 Å². The van der Waals surface area contributed by atoms with Gasteiger partial charge in [0.1, 0.15) is 6.04 Å². The van der Waals surface area contributed by atoms with Crippen LogP contribution in [-0.4, -0.2) is 47.1 Å². The van der Waals surface area contributed by atoms with Gasteiger partial charge in [0, 0.05) is 6.04 Å². The van der Waals surface area contributed by atoms with Crippen molar-refractivity contribution in [1.29, 1.82) is 0 Å². The van der Waals surface area contributed by atoms with Crippen molar-refractivity contribution in [3.63, 3.8) is 0 Å². The van der Waals surface area contributed by atoms with Crippen molar-refractivity contribution in [2.24, 2.45) is 5.92 Å². The molecule has 1 aliphatic heterocycles. The number of carboxylic acids is 1. The minimum atomic E-state index is -0.964. The van der Waals surface area contributed by atoms with Crippen molar-refractivity contribution in [3.8, 4) is 0 Å². The molecule has 0 aromatic heterocycles. The van der Waals surface area contributed by atoms with Crippen LogP contribution in [0.3, 0.4) is 0 Å². The van der Waals surface area contributed by atoms with Gasteiger partial charge in [0.15, 0.2) is 0 Å². The number of carboxylic acid groups (broad SMARTS) is 1. The number of likely N-dealkylation sites (tertiary alicyclic amines) is 1. The van der Waals surface area contributed by atoms with E-state index in [1.807, 2.05) is 0 Å². The Kier molecular flexibility index (Phi) is 6.28. The van der Waals surface area contributed by atoms with Gasteiger partial charge in [-0.1, -0.05) is 27.2 Å². The van der Waals surface area contributed by atoms with E-state index in [2.05, 4.69) is 17.1 Å². The van der Waals surface area contributed by atoms with Crippen LogP contribution in [-0.2, 0) is 9.59 Å². The predicted molar refractivity (Wildman–Crippen MR) is 73.9 cm³/mol. The van der Waals surface area contributed by atoms with Crippen LogP contribution in [0.4, 0.5) is 0 Å². The molecule has 0 aromatic carbocycles. The van der Waals surface area contributed by atoms with Crippen molar-refractivity contribution in [3.05, 3.63) is 0 Å². The summed E-state index contributed by atoms with van der Waals surface area (Å²) in [7, 11) is 0. The second-order valence-corrected chi connectivity index (χ2v) is 5.66. The SMILES string of the molecule is CCC1CCCCN1CC(=O)NC(C(=O)O)C(C)C. The summed E-state index contributed by atoms with van der Waals surface area (Å²) in [6.45, 7) is 6.99. The Morgan fingerprint density at radius 1 is 1.37 bits per heavy atom. The lowest BCUT2D eigenvalue weighted by Crippen LogP contribution is -2.50. The third kappa shape index (κ3) is 4.82. The lowest BCUT2D eigenvalue weighted by molar-refractivity contribution is -0.143. The number of carbonyl (C=O) groups is 2. The second kappa shape index (κ2) is 7.48. The Balaban J connectivity index is 2.51. The highest BCUT2D eigenvalue weighted by molar-refractivity contribution is 5.84. The normalized spacial score (nSPS) is 22.2. The number of piperidine rings is 1. The zero-order chi connectivity index (χ0) is 14.4. The molecular formula is C14H26N2O3. The number of carbonyl (C=O) groups excluding carboxylic acids is 1. The van der Waals surface area contributed by atoms with Crippen LogP contribution in [0, 0.1) is 5.92 Å². The molecule has 19 heavy (non-hydrogen) atoms. The van der Waals surface area contributed by atoms with Gasteiger partial charge in [0.2, 0.25) is 5.91 Å². The lowest BCUT2D eigenvalue weighted by atomic mass is 10.00. The third-order valence-electron chi connectivity index (χ3n) is 3.82. The highest BCUT2D eigenvalue weighted by Gasteiger charge is 2.27. The van der Waals surface area contributed by atoms with Gasteiger partial charge >= 0.3 is 5.97 Å². The van der Waals surface area contributed by atoms with Crippen molar-refractivity contribution in [2.45, 2.75) is 58.5 Å². The molecule has 1 saturated heterocycles. The molecule has 1 rings (SSSR count). The van der Waals surface area contributed by atoms with Gasteiger partial charge in [-0.05, 0) is 31.7 Å². The molecular weight excluding hydrogens is 244 g/mol. The Morgan fingerprint density at radius 3 is 2.58 bits per heavy atom. The van der Waals surface area contributed by atoms with Gasteiger partial charge in [0.05, 0.1) is 6.54 Å². The van der Waals surface area contributed by atoms with Crippen molar-refractivity contribution in [2.75, 3.05) is 13.1 Å². The molecule has 110 valence electrons. The fraction of sp³-hybridized carbons (Fsp3) is 0.857. The average molecular weight is 270 g/mol. The quantitative estimate of drug-likeness (QED) is 0.767. The van der Waals surface area contributed by atoms with E-state index in [0.29, 0.717) is 12.6 Å². The number of hydrogen-bond acceptors (Lipinski definition) is 3. The topological polar surface area (TPSA) is 69.6 Å². The Morgan fingerprint density at radius 2 is 2.05 bits per heavy atom. The van der Waals surface area contributed by atoms with Crippen LogP contribution in [0.15, 0.2) is 0 Å². The van der Waals surface area contributed by atoms with Gasteiger partial charge in [-0.15, -0.1) is 0 Å². The largest absolute Gasteiger partial charge is 0.480 e. The number of rotatable bonds is 6. The summed E-state index contributed by atoms with van der Waals surface area (Å²) in [6, 6.07) is -0.334. The fourth-order valence-corrected chi connectivity index (χ4v) is 2.65. The molecule has 1 fully saturated rings. The van der Waals surface area contributed by atoms with Crippen molar-refractivity contribution in [1.82, 2.24) is 10.2 Å². The summed E-state index contributed by atoms with van der Waals surface area (Å²) in [6.07, 6.45) is 4.52. The first-order valence-corrected chi connectivity index (χ1v) is 7.22. The van der Waals surface area contributed by atoms with Crippen molar-refractivity contribution >= 4 is 11.9 Å². The van der Waals surface area contributed by atoms with Crippen LogP contribution < -0.4 is 5.32 Å². The first-order valence-electron chi connectivity index (χ1n) is 7.22. The van der Waals surface area contributed by atoms with Gasteiger partial charge in [-0.3, -0.25) is 9.69 Å². The maximum atomic E-state index is 12.0. The van der Waals surface area contributed by atoms with Crippen LogP contribution in [0.2, 0.25) is 0 Å². The smallest absolute Gasteiger partial charge is 0.326 e. The zero-order valence-electron chi connectivity index (χ0n) is 12.2. The van der Waals surface area contributed by atoms with Gasteiger partial charge in [-0.2, -0.15) is 0 Å². The average Bonchev–Trinajstić information content (AvgIpc) is 2.36. The predicted octanol–water partition coefficient (Wildman–Crippen LogP) is 1.48. The summed E-state index contributed by atoms with van der Waals surface area (Å²) < 4.78 is 0. The van der Waals surface area contributed by atoms with E-state index in [1.54, 1.807) is 13.8 Å². The lowest BCUT2D eigenvalue weighted by Gasteiger charge is -2.34. The molecule has 2 N–H and O–H groups in total. The van der Waals surface area contributed by atoms with E-state index in [0.717, 1.165) is 25.8 Å². The highest BCUT2D eigenvalue weighted by Crippen LogP contribution is 2.18. The summed E-state index contributed by atoms with van der Waals surface area (Å²) >= 11 is 0. The molecule has 0 saturated carbocycles. The first-order chi connectivity index (χ1) is 8.95. The van der Waals surface area contributed by atoms with Crippen molar-refractivity contribution < 1.29 is 14.7 Å². The second-order valence-electron chi connectivity index (χ2n) is 5.66. The molecule has 5 nitrogen and oxygen atoms in total. The zero-order valence-corrected chi connectivity index (χ0v) is 12.2. The van der Waals surface area contributed by atoms with Gasteiger partial charge in [0.25, 0.3) is 0 Å². The Bertz CT molecular complexity index is 318. The first kappa shape index (κ1) is 16.0. The molecule has 0 aromatic rings. The summed E-state index contributed by atoms with van der Waals surface area (Å²) in [5, 5.41) is 11.7. The highest BCUT2D eigenvalue weighted by atomic mass is 16.4. The standard InChI is InChI=1S/C14H26N2O3/c1-4-11-7-5-6-8-16(11)9-12(17)15-13(10(2)3)14(18)19/h10-11,13H,4-9H2,1-3H3,(H,15,17)(H,18,19). The summed E-state index contributed by atoms with van der Waals surface area (Å²) in [5.41, 5.74) is 0. The van der Waals surface area contributed by atoms with E-state index in [-0.39, 0.29) is 11.8 Å². The number of nitrogens with zero attached hydrogens (tertiary/aromatic N) is 1. The van der Waals surface area contributed by atoms with E-state index in [4.69, 9.17) is 5.11 Å². The number of nitrogens with one attached hydrogen (secondary N) is 1.